The average Bonchev–Trinajstić information content (AvgIpc) is 2.85. The fourth-order valence-corrected chi connectivity index (χ4v) is 5.16. The van der Waals surface area contributed by atoms with Crippen LogP contribution in [0.5, 0.6) is 0 Å². The van der Waals surface area contributed by atoms with Gasteiger partial charge in [0.05, 0.1) is 10.3 Å². The van der Waals surface area contributed by atoms with Crippen molar-refractivity contribution < 1.29 is 5.11 Å². The third-order valence-electron chi connectivity index (χ3n) is 3.91. The number of thioether (sulfide) groups is 1. The zero-order chi connectivity index (χ0) is 14.5. The molecule has 0 amide bonds. The first kappa shape index (κ1) is 16.3. The lowest BCUT2D eigenvalue weighted by Gasteiger charge is -2.33. The molecule has 1 N–H and O–H groups in total. The monoisotopic (exact) mass is 313 g/mol. The van der Waals surface area contributed by atoms with Crippen molar-refractivity contribution in [3.05, 3.63) is 17.0 Å². The van der Waals surface area contributed by atoms with Crippen LogP contribution in [0.2, 0.25) is 0 Å². The van der Waals surface area contributed by atoms with Gasteiger partial charge >= 0.3 is 0 Å². The first-order chi connectivity index (χ1) is 9.56. The lowest BCUT2D eigenvalue weighted by atomic mass is 10.0. The summed E-state index contributed by atoms with van der Waals surface area (Å²) in [5, 5.41) is 11.0. The third-order valence-corrected chi connectivity index (χ3v) is 6.27. The minimum absolute atomic E-state index is 0.296. The Morgan fingerprint density at radius 3 is 2.90 bits per heavy atom. The van der Waals surface area contributed by atoms with E-state index in [-0.39, 0.29) is 6.10 Å². The van der Waals surface area contributed by atoms with Crippen molar-refractivity contribution in [2.75, 3.05) is 13.1 Å². The summed E-state index contributed by atoms with van der Waals surface area (Å²) in [6.45, 7) is 8.95. The zero-order valence-corrected chi connectivity index (χ0v) is 14.5. The summed E-state index contributed by atoms with van der Waals surface area (Å²) >= 11 is 3.63. The van der Waals surface area contributed by atoms with Crippen molar-refractivity contribution in [2.24, 2.45) is 0 Å². The number of thiophene rings is 1. The number of nitrogens with zero attached hydrogens (tertiary/aromatic N) is 1. The summed E-state index contributed by atoms with van der Waals surface area (Å²) in [5.41, 5.74) is 0. The van der Waals surface area contributed by atoms with Crippen LogP contribution >= 0.6 is 23.1 Å². The predicted molar refractivity (Wildman–Crippen MR) is 89.8 cm³/mol. The Balaban J connectivity index is 1.81. The van der Waals surface area contributed by atoms with Crippen LogP contribution in [0, 0.1) is 0 Å². The predicted octanol–water partition coefficient (Wildman–Crippen LogP) is 4.55. The van der Waals surface area contributed by atoms with Gasteiger partial charge in [-0.05, 0) is 44.9 Å². The van der Waals surface area contributed by atoms with E-state index in [1.54, 1.807) is 11.3 Å². The molecule has 1 aromatic heterocycles. The first-order valence-electron chi connectivity index (χ1n) is 7.74. The van der Waals surface area contributed by atoms with E-state index >= 15 is 0 Å². The molecule has 2 nitrogen and oxygen atoms in total. The largest absolute Gasteiger partial charge is 0.388 e. The third kappa shape index (κ3) is 4.76. The van der Waals surface area contributed by atoms with E-state index in [4.69, 9.17) is 0 Å². The van der Waals surface area contributed by atoms with Gasteiger partial charge in [0.2, 0.25) is 0 Å². The van der Waals surface area contributed by atoms with E-state index in [1.165, 1.54) is 30.0 Å². The van der Waals surface area contributed by atoms with E-state index in [9.17, 15) is 5.11 Å². The summed E-state index contributed by atoms with van der Waals surface area (Å²) in [6.07, 6.45) is 4.55. The molecule has 2 heterocycles. The topological polar surface area (TPSA) is 23.5 Å². The van der Waals surface area contributed by atoms with E-state index in [2.05, 4.69) is 37.8 Å². The van der Waals surface area contributed by atoms with Crippen LogP contribution in [0.25, 0.3) is 0 Å². The van der Waals surface area contributed by atoms with Gasteiger partial charge in [-0.15, -0.1) is 23.1 Å². The van der Waals surface area contributed by atoms with E-state index in [1.807, 2.05) is 11.8 Å². The molecule has 0 aromatic carbocycles. The molecule has 2 unspecified atom stereocenters. The molecule has 1 saturated heterocycles. The highest BCUT2D eigenvalue weighted by Gasteiger charge is 2.19. The number of hydrogen-bond donors (Lipinski definition) is 1. The molecule has 20 heavy (non-hydrogen) atoms. The summed E-state index contributed by atoms with van der Waals surface area (Å²) < 4.78 is 1.32. The lowest BCUT2D eigenvalue weighted by molar-refractivity contribution is 0.111. The highest BCUT2D eigenvalue weighted by atomic mass is 32.2. The van der Waals surface area contributed by atoms with Crippen LogP contribution in [0.1, 0.15) is 57.4 Å². The van der Waals surface area contributed by atoms with Crippen LogP contribution in [0.4, 0.5) is 0 Å². The van der Waals surface area contributed by atoms with Crippen LogP contribution in [0.3, 0.4) is 0 Å². The second kappa shape index (κ2) is 7.83. The SMILES string of the molecule is CC(C)Sc1ccc(C(O)CCN2CCCCC2C)s1. The van der Waals surface area contributed by atoms with Gasteiger partial charge in [0.1, 0.15) is 0 Å². The molecule has 114 valence electrons. The summed E-state index contributed by atoms with van der Waals surface area (Å²) in [7, 11) is 0. The first-order valence-corrected chi connectivity index (χ1v) is 9.44. The van der Waals surface area contributed by atoms with Gasteiger partial charge in [-0.25, -0.2) is 0 Å². The quantitative estimate of drug-likeness (QED) is 0.780. The summed E-state index contributed by atoms with van der Waals surface area (Å²) in [5.74, 6) is 0. The number of aliphatic hydroxyl groups is 1. The van der Waals surface area contributed by atoms with E-state index in [0.29, 0.717) is 11.3 Å². The number of aliphatic hydroxyl groups excluding tert-OH is 1. The molecule has 1 aromatic rings. The Hall–Kier alpha value is -0.0300. The molecule has 0 spiro atoms. The van der Waals surface area contributed by atoms with Crippen LogP contribution in [0.15, 0.2) is 16.3 Å². The second-order valence-corrected chi connectivity index (χ2v) is 9.00. The van der Waals surface area contributed by atoms with E-state index in [0.717, 1.165) is 17.8 Å². The van der Waals surface area contributed by atoms with Gasteiger partial charge in [0.15, 0.2) is 0 Å². The summed E-state index contributed by atoms with van der Waals surface area (Å²) in [4.78, 5) is 3.65. The molecule has 2 rings (SSSR count). The smallest absolute Gasteiger partial charge is 0.0894 e. The maximum Gasteiger partial charge on any atom is 0.0894 e. The molecule has 2 atom stereocenters. The van der Waals surface area contributed by atoms with Crippen molar-refractivity contribution in [2.45, 2.75) is 68.1 Å². The van der Waals surface area contributed by atoms with Gasteiger partial charge in [0.25, 0.3) is 0 Å². The normalized spacial score (nSPS) is 22.4. The number of rotatable bonds is 6. The van der Waals surface area contributed by atoms with Crippen molar-refractivity contribution in [3.8, 4) is 0 Å². The van der Waals surface area contributed by atoms with Gasteiger partial charge in [-0.2, -0.15) is 0 Å². The van der Waals surface area contributed by atoms with Gasteiger partial charge in [-0.1, -0.05) is 20.3 Å². The van der Waals surface area contributed by atoms with Crippen LogP contribution < -0.4 is 0 Å². The Labute approximate surface area is 131 Å². The number of hydrogen-bond acceptors (Lipinski definition) is 4. The van der Waals surface area contributed by atoms with Gasteiger partial charge in [0, 0.05) is 22.7 Å². The molecule has 1 fully saturated rings. The average molecular weight is 314 g/mol. The Bertz CT molecular complexity index is 405. The maximum atomic E-state index is 10.4. The minimum atomic E-state index is -0.296. The number of piperidine rings is 1. The molecule has 0 bridgehead atoms. The van der Waals surface area contributed by atoms with E-state index < -0.39 is 0 Å². The van der Waals surface area contributed by atoms with Gasteiger partial charge < -0.3 is 10.0 Å². The highest BCUT2D eigenvalue weighted by molar-refractivity contribution is 8.01. The number of likely N-dealkylation sites (tertiary alicyclic amines) is 1. The molecule has 1 aliphatic rings. The molecule has 0 radical (unpaired) electrons. The Morgan fingerprint density at radius 1 is 1.40 bits per heavy atom. The fraction of sp³-hybridized carbons (Fsp3) is 0.750. The van der Waals surface area contributed by atoms with Crippen LogP contribution in [-0.4, -0.2) is 34.4 Å². The van der Waals surface area contributed by atoms with Crippen LogP contribution in [-0.2, 0) is 0 Å². The highest BCUT2D eigenvalue weighted by Crippen LogP contribution is 2.34. The van der Waals surface area contributed by atoms with Gasteiger partial charge in [-0.3, -0.25) is 0 Å². The van der Waals surface area contributed by atoms with Crippen molar-refractivity contribution in [1.82, 2.24) is 4.90 Å². The molecular weight excluding hydrogens is 286 g/mol. The molecule has 1 aliphatic heterocycles. The zero-order valence-electron chi connectivity index (χ0n) is 12.8. The standard InChI is InChI=1S/C16H27NOS2/c1-12(2)19-16-8-7-15(20-16)14(18)9-11-17-10-5-4-6-13(17)3/h7-8,12-14,18H,4-6,9-11H2,1-3H3. The Morgan fingerprint density at radius 2 is 2.20 bits per heavy atom. The molecule has 0 saturated carbocycles. The maximum absolute atomic E-state index is 10.4. The molecule has 0 aliphatic carbocycles. The van der Waals surface area contributed by atoms with Crippen molar-refractivity contribution >= 4 is 23.1 Å². The lowest BCUT2D eigenvalue weighted by Crippen LogP contribution is -2.38. The van der Waals surface area contributed by atoms with Crippen molar-refractivity contribution in [1.29, 1.82) is 0 Å². The van der Waals surface area contributed by atoms with Crippen molar-refractivity contribution in [3.63, 3.8) is 0 Å². The second-order valence-electron chi connectivity index (χ2n) is 6.01. The Kier molecular flexibility index (Phi) is 6.40. The fourth-order valence-electron chi connectivity index (χ4n) is 2.73. The summed E-state index contributed by atoms with van der Waals surface area (Å²) in [6, 6.07) is 4.93. The molecular formula is C16H27NOS2. The minimum Gasteiger partial charge on any atom is -0.388 e. The molecule has 4 heteroatoms.